The zero-order valence-electron chi connectivity index (χ0n) is 13.4. The zero-order chi connectivity index (χ0) is 14.8. The standard InChI is InChI=1S/C19H29NO/c1-13(2)10-14-6-8-15(9-7-14)19(21)11-18-17-5-3-4-16(17)12-20-18/h6-9,13,16-21H,3-5,10-12H2,1-2H3. The summed E-state index contributed by atoms with van der Waals surface area (Å²) in [5, 5.41) is 14.2. The average Bonchev–Trinajstić information content (AvgIpc) is 3.04. The van der Waals surface area contributed by atoms with Gasteiger partial charge < -0.3 is 10.4 Å². The number of fused-ring (bicyclic) bond motifs is 1. The molecule has 0 amide bonds. The number of hydrogen-bond acceptors (Lipinski definition) is 2. The third-order valence-electron chi connectivity index (χ3n) is 5.36. The molecule has 2 N–H and O–H groups in total. The molecular weight excluding hydrogens is 258 g/mol. The van der Waals surface area contributed by atoms with Gasteiger partial charge in [0.05, 0.1) is 6.10 Å². The predicted octanol–water partition coefficient (Wildman–Crippen LogP) is 3.70. The van der Waals surface area contributed by atoms with Gasteiger partial charge in [0.2, 0.25) is 0 Å². The summed E-state index contributed by atoms with van der Waals surface area (Å²) >= 11 is 0. The molecule has 4 atom stereocenters. The highest BCUT2D eigenvalue weighted by atomic mass is 16.3. The van der Waals surface area contributed by atoms with Crippen molar-refractivity contribution in [1.29, 1.82) is 0 Å². The van der Waals surface area contributed by atoms with E-state index in [1.54, 1.807) is 0 Å². The number of rotatable bonds is 5. The van der Waals surface area contributed by atoms with Gasteiger partial charge in [-0.1, -0.05) is 44.5 Å². The van der Waals surface area contributed by atoms with Gasteiger partial charge in [0, 0.05) is 6.04 Å². The van der Waals surface area contributed by atoms with Crippen LogP contribution in [0.2, 0.25) is 0 Å². The van der Waals surface area contributed by atoms with Crippen LogP contribution in [0.15, 0.2) is 24.3 Å². The third kappa shape index (κ3) is 3.49. The van der Waals surface area contributed by atoms with E-state index in [4.69, 9.17) is 0 Å². The monoisotopic (exact) mass is 287 g/mol. The molecule has 1 aromatic carbocycles. The molecule has 1 aliphatic heterocycles. The van der Waals surface area contributed by atoms with Crippen LogP contribution in [-0.4, -0.2) is 17.7 Å². The van der Waals surface area contributed by atoms with Crippen molar-refractivity contribution in [3.8, 4) is 0 Å². The Hall–Kier alpha value is -0.860. The molecule has 2 nitrogen and oxygen atoms in total. The Morgan fingerprint density at radius 1 is 1.19 bits per heavy atom. The highest BCUT2D eigenvalue weighted by Gasteiger charge is 2.39. The summed E-state index contributed by atoms with van der Waals surface area (Å²) in [7, 11) is 0. The maximum Gasteiger partial charge on any atom is 0.0805 e. The van der Waals surface area contributed by atoms with E-state index in [1.165, 1.54) is 24.8 Å². The zero-order valence-corrected chi connectivity index (χ0v) is 13.4. The maximum absolute atomic E-state index is 10.5. The fourth-order valence-electron chi connectivity index (χ4n) is 4.28. The van der Waals surface area contributed by atoms with E-state index in [0.717, 1.165) is 36.8 Å². The van der Waals surface area contributed by atoms with Gasteiger partial charge in [-0.3, -0.25) is 0 Å². The summed E-state index contributed by atoms with van der Waals surface area (Å²) in [6, 6.07) is 9.10. The van der Waals surface area contributed by atoms with Gasteiger partial charge in [0.15, 0.2) is 0 Å². The molecule has 21 heavy (non-hydrogen) atoms. The second kappa shape index (κ2) is 6.50. The minimum Gasteiger partial charge on any atom is -0.388 e. The highest BCUT2D eigenvalue weighted by molar-refractivity contribution is 5.24. The van der Waals surface area contributed by atoms with E-state index < -0.39 is 0 Å². The minimum atomic E-state index is -0.324. The lowest BCUT2D eigenvalue weighted by molar-refractivity contribution is 0.145. The van der Waals surface area contributed by atoms with Crippen molar-refractivity contribution in [3.63, 3.8) is 0 Å². The molecule has 0 bridgehead atoms. The van der Waals surface area contributed by atoms with Crippen LogP contribution in [0.25, 0.3) is 0 Å². The van der Waals surface area contributed by atoms with Gasteiger partial charge >= 0.3 is 0 Å². The third-order valence-corrected chi connectivity index (χ3v) is 5.36. The van der Waals surface area contributed by atoms with E-state index in [-0.39, 0.29) is 6.10 Å². The van der Waals surface area contributed by atoms with Gasteiger partial charge in [0.1, 0.15) is 0 Å². The Morgan fingerprint density at radius 3 is 2.67 bits per heavy atom. The summed E-state index contributed by atoms with van der Waals surface area (Å²) in [5.74, 6) is 2.36. The Morgan fingerprint density at radius 2 is 1.95 bits per heavy atom. The molecule has 1 saturated heterocycles. The van der Waals surface area contributed by atoms with E-state index in [1.807, 2.05) is 0 Å². The normalized spacial score (nSPS) is 29.8. The molecule has 2 aliphatic rings. The molecule has 0 radical (unpaired) electrons. The Balaban J connectivity index is 1.58. The van der Waals surface area contributed by atoms with Gasteiger partial charge in [-0.15, -0.1) is 0 Å². The van der Waals surface area contributed by atoms with Crippen molar-refractivity contribution in [2.24, 2.45) is 17.8 Å². The molecule has 0 aromatic heterocycles. The second-order valence-corrected chi connectivity index (χ2v) is 7.46. The molecular formula is C19H29NO. The molecule has 2 heteroatoms. The van der Waals surface area contributed by atoms with Crippen molar-refractivity contribution >= 4 is 0 Å². The summed E-state index contributed by atoms with van der Waals surface area (Å²) in [6.07, 6.45) is 5.77. The summed E-state index contributed by atoms with van der Waals surface area (Å²) in [6.45, 7) is 5.65. The smallest absolute Gasteiger partial charge is 0.0805 e. The number of benzene rings is 1. The van der Waals surface area contributed by atoms with Gasteiger partial charge in [-0.25, -0.2) is 0 Å². The fourth-order valence-corrected chi connectivity index (χ4v) is 4.28. The SMILES string of the molecule is CC(C)Cc1ccc(C(O)CC2NCC3CCCC32)cc1. The Bertz CT molecular complexity index is 453. The van der Waals surface area contributed by atoms with Crippen LogP contribution in [0.5, 0.6) is 0 Å². The molecule has 0 spiro atoms. The first-order chi connectivity index (χ1) is 10.1. The first kappa shape index (κ1) is 15.1. The molecule has 1 aliphatic carbocycles. The number of hydrogen-bond donors (Lipinski definition) is 2. The fraction of sp³-hybridized carbons (Fsp3) is 0.684. The van der Waals surface area contributed by atoms with Crippen LogP contribution in [0.3, 0.4) is 0 Å². The van der Waals surface area contributed by atoms with E-state index >= 15 is 0 Å². The molecule has 3 rings (SSSR count). The molecule has 1 saturated carbocycles. The van der Waals surface area contributed by atoms with E-state index in [2.05, 4.69) is 43.4 Å². The first-order valence-electron chi connectivity index (χ1n) is 8.63. The lowest BCUT2D eigenvalue weighted by Crippen LogP contribution is -2.28. The van der Waals surface area contributed by atoms with Crippen LogP contribution < -0.4 is 5.32 Å². The van der Waals surface area contributed by atoms with Gasteiger partial charge in [-0.05, 0) is 61.1 Å². The van der Waals surface area contributed by atoms with E-state index in [9.17, 15) is 5.11 Å². The van der Waals surface area contributed by atoms with Crippen LogP contribution in [0.1, 0.15) is 56.8 Å². The lowest BCUT2D eigenvalue weighted by Gasteiger charge is -2.22. The van der Waals surface area contributed by atoms with Crippen molar-refractivity contribution in [2.45, 2.75) is 58.1 Å². The summed E-state index contributed by atoms with van der Waals surface area (Å²) < 4.78 is 0. The van der Waals surface area contributed by atoms with Crippen molar-refractivity contribution in [1.82, 2.24) is 5.32 Å². The molecule has 4 unspecified atom stereocenters. The Kier molecular flexibility index (Phi) is 4.66. The van der Waals surface area contributed by atoms with Crippen LogP contribution in [-0.2, 0) is 6.42 Å². The van der Waals surface area contributed by atoms with Crippen molar-refractivity contribution in [3.05, 3.63) is 35.4 Å². The topological polar surface area (TPSA) is 32.3 Å². The summed E-state index contributed by atoms with van der Waals surface area (Å²) in [4.78, 5) is 0. The lowest BCUT2D eigenvalue weighted by atomic mass is 9.89. The first-order valence-corrected chi connectivity index (χ1v) is 8.63. The van der Waals surface area contributed by atoms with Crippen LogP contribution in [0, 0.1) is 17.8 Å². The van der Waals surface area contributed by atoms with Crippen molar-refractivity contribution < 1.29 is 5.11 Å². The number of aliphatic hydroxyl groups excluding tert-OH is 1. The summed E-state index contributed by atoms with van der Waals surface area (Å²) in [5.41, 5.74) is 2.45. The van der Waals surface area contributed by atoms with Gasteiger partial charge in [0.25, 0.3) is 0 Å². The molecule has 116 valence electrons. The second-order valence-electron chi connectivity index (χ2n) is 7.46. The van der Waals surface area contributed by atoms with Crippen molar-refractivity contribution in [2.75, 3.05) is 6.54 Å². The van der Waals surface area contributed by atoms with Crippen LogP contribution in [0.4, 0.5) is 0 Å². The quantitative estimate of drug-likeness (QED) is 0.865. The Labute approximate surface area is 129 Å². The number of nitrogens with one attached hydrogen (secondary N) is 1. The molecule has 1 heterocycles. The van der Waals surface area contributed by atoms with Gasteiger partial charge in [-0.2, -0.15) is 0 Å². The molecule has 1 aromatic rings. The highest BCUT2D eigenvalue weighted by Crippen LogP contribution is 2.40. The molecule has 2 fully saturated rings. The largest absolute Gasteiger partial charge is 0.388 e. The van der Waals surface area contributed by atoms with E-state index in [0.29, 0.717) is 12.0 Å². The maximum atomic E-state index is 10.5. The minimum absolute atomic E-state index is 0.324. The van der Waals surface area contributed by atoms with Crippen LogP contribution >= 0.6 is 0 Å². The predicted molar refractivity (Wildman–Crippen MR) is 87.2 cm³/mol. The average molecular weight is 287 g/mol. The number of aliphatic hydroxyl groups is 1.